The van der Waals surface area contributed by atoms with E-state index in [0.717, 1.165) is 25.2 Å². The van der Waals surface area contributed by atoms with Gasteiger partial charge in [0.25, 0.3) is 0 Å². The molecule has 0 aliphatic carbocycles. The summed E-state index contributed by atoms with van der Waals surface area (Å²) < 4.78 is 2.24. The van der Waals surface area contributed by atoms with Crippen LogP contribution in [0.4, 0.5) is 5.69 Å². The van der Waals surface area contributed by atoms with Gasteiger partial charge in [-0.3, -0.25) is 0 Å². The minimum absolute atomic E-state index is 0.298. The van der Waals surface area contributed by atoms with Crippen molar-refractivity contribution in [1.82, 2.24) is 0 Å². The Labute approximate surface area is 141 Å². The molecule has 0 fully saturated rings. The van der Waals surface area contributed by atoms with Crippen LogP contribution in [0.2, 0.25) is 5.02 Å². The maximum atomic E-state index is 5.99. The van der Waals surface area contributed by atoms with Crippen molar-refractivity contribution in [2.24, 2.45) is 0 Å². The molecule has 1 unspecified atom stereocenters. The van der Waals surface area contributed by atoms with Crippen molar-refractivity contribution in [2.75, 3.05) is 5.32 Å². The van der Waals surface area contributed by atoms with Crippen LogP contribution in [-0.2, 0) is 0 Å². The van der Waals surface area contributed by atoms with E-state index < -0.39 is 0 Å². The highest BCUT2D eigenvalue weighted by Crippen LogP contribution is 2.29. The molecule has 0 aromatic heterocycles. The van der Waals surface area contributed by atoms with Crippen LogP contribution in [0.25, 0.3) is 0 Å². The fourth-order valence-electron chi connectivity index (χ4n) is 1.94. The molecule has 1 atom stereocenters. The van der Waals surface area contributed by atoms with Crippen LogP contribution in [0.1, 0.15) is 24.9 Å². The molecule has 0 bridgehead atoms. The average Bonchev–Trinajstić information content (AvgIpc) is 2.38. The Morgan fingerprint density at radius 1 is 1.26 bits per heavy atom. The lowest BCUT2D eigenvalue weighted by Crippen LogP contribution is -2.10. The van der Waals surface area contributed by atoms with Gasteiger partial charge in [0.1, 0.15) is 0 Å². The summed E-state index contributed by atoms with van der Waals surface area (Å²) in [6, 6.07) is 14.6. The number of anilines is 1. The Kier molecular flexibility index (Phi) is 5.54. The third-order valence-corrected chi connectivity index (χ3v) is 4.54. The quantitative estimate of drug-likeness (QED) is 0.542. The number of halogens is 3. The predicted molar refractivity (Wildman–Crippen MR) is 95.0 cm³/mol. The largest absolute Gasteiger partial charge is 0.377 e. The standard InChI is InChI=1S/C15H14BrClIN/c1-2-14(10-4-3-5-11(16)8-10)19-15-7-6-12(17)9-13(15)18/h3-9,14,19H,2H2,1H3. The predicted octanol–water partition coefficient (Wildman–Crippen LogP) is 6.27. The number of rotatable bonds is 4. The normalized spacial score (nSPS) is 12.2. The van der Waals surface area contributed by atoms with E-state index in [1.165, 1.54) is 5.56 Å². The minimum atomic E-state index is 0.298. The molecule has 2 rings (SSSR count). The molecule has 0 aliphatic heterocycles. The van der Waals surface area contributed by atoms with Gasteiger partial charge in [-0.2, -0.15) is 0 Å². The van der Waals surface area contributed by atoms with Crippen LogP contribution in [-0.4, -0.2) is 0 Å². The average molecular weight is 451 g/mol. The van der Waals surface area contributed by atoms with Crippen molar-refractivity contribution in [2.45, 2.75) is 19.4 Å². The highest BCUT2D eigenvalue weighted by Gasteiger charge is 2.11. The number of benzene rings is 2. The van der Waals surface area contributed by atoms with Crippen LogP contribution in [0.15, 0.2) is 46.9 Å². The van der Waals surface area contributed by atoms with Crippen LogP contribution in [0.3, 0.4) is 0 Å². The van der Waals surface area contributed by atoms with Gasteiger partial charge < -0.3 is 5.32 Å². The van der Waals surface area contributed by atoms with Crippen LogP contribution in [0.5, 0.6) is 0 Å². The van der Waals surface area contributed by atoms with Gasteiger partial charge in [-0.25, -0.2) is 0 Å². The van der Waals surface area contributed by atoms with Gasteiger partial charge in [-0.1, -0.05) is 46.6 Å². The van der Waals surface area contributed by atoms with Crippen molar-refractivity contribution >= 4 is 55.8 Å². The third-order valence-electron chi connectivity index (χ3n) is 2.92. The van der Waals surface area contributed by atoms with E-state index in [1.54, 1.807) is 0 Å². The molecule has 19 heavy (non-hydrogen) atoms. The Hall–Kier alpha value is -0.260. The summed E-state index contributed by atoms with van der Waals surface area (Å²) in [4.78, 5) is 0. The maximum Gasteiger partial charge on any atom is 0.0511 e. The van der Waals surface area contributed by atoms with Crippen molar-refractivity contribution in [3.63, 3.8) is 0 Å². The summed E-state index contributed by atoms with van der Waals surface area (Å²) in [6.07, 6.45) is 1.02. The summed E-state index contributed by atoms with van der Waals surface area (Å²) in [5.41, 5.74) is 2.40. The van der Waals surface area contributed by atoms with E-state index in [1.807, 2.05) is 24.3 Å². The number of hydrogen-bond donors (Lipinski definition) is 1. The molecule has 0 radical (unpaired) electrons. The molecule has 4 heteroatoms. The molecule has 2 aromatic carbocycles. The van der Waals surface area contributed by atoms with Gasteiger partial charge in [-0.15, -0.1) is 0 Å². The van der Waals surface area contributed by atoms with Gasteiger partial charge in [0.15, 0.2) is 0 Å². The first kappa shape index (κ1) is 15.1. The molecule has 0 spiro atoms. The number of hydrogen-bond acceptors (Lipinski definition) is 1. The van der Waals surface area contributed by atoms with E-state index in [-0.39, 0.29) is 0 Å². The van der Waals surface area contributed by atoms with Crippen molar-refractivity contribution < 1.29 is 0 Å². The van der Waals surface area contributed by atoms with Crippen molar-refractivity contribution in [3.05, 3.63) is 61.1 Å². The Morgan fingerprint density at radius 2 is 2.05 bits per heavy atom. The molecular formula is C15H14BrClIN. The second-order valence-electron chi connectivity index (χ2n) is 4.28. The molecule has 1 nitrogen and oxygen atoms in total. The van der Waals surface area contributed by atoms with Crippen LogP contribution in [0, 0.1) is 3.57 Å². The van der Waals surface area contributed by atoms with Crippen molar-refractivity contribution in [1.29, 1.82) is 0 Å². The first-order valence-corrected chi connectivity index (χ1v) is 8.32. The zero-order valence-electron chi connectivity index (χ0n) is 10.5. The van der Waals surface area contributed by atoms with E-state index in [9.17, 15) is 0 Å². The van der Waals surface area contributed by atoms with Gasteiger partial charge in [0.2, 0.25) is 0 Å². The Morgan fingerprint density at radius 3 is 2.68 bits per heavy atom. The lowest BCUT2D eigenvalue weighted by molar-refractivity contribution is 0.748. The van der Waals surface area contributed by atoms with Gasteiger partial charge in [0, 0.05) is 18.8 Å². The molecule has 1 N–H and O–H groups in total. The number of nitrogens with one attached hydrogen (secondary N) is 1. The van der Waals surface area contributed by atoms with Crippen LogP contribution >= 0.6 is 50.1 Å². The highest BCUT2D eigenvalue weighted by atomic mass is 127. The van der Waals surface area contributed by atoms with Gasteiger partial charge in [0.05, 0.1) is 6.04 Å². The molecule has 0 amide bonds. The van der Waals surface area contributed by atoms with Gasteiger partial charge >= 0.3 is 0 Å². The van der Waals surface area contributed by atoms with Crippen molar-refractivity contribution in [3.8, 4) is 0 Å². The molecule has 0 heterocycles. The second-order valence-corrected chi connectivity index (χ2v) is 6.80. The fraction of sp³-hybridized carbons (Fsp3) is 0.200. The lowest BCUT2D eigenvalue weighted by Gasteiger charge is -2.20. The van der Waals surface area contributed by atoms with E-state index >= 15 is 0 Å². The Balaban J connectivity index is 2.24. The van der Waals surface area contributed by atoms with E-state index in [0.29, 0.717) is 6.04 Å². The summed E-state index contributed by atoms with van der Waals surface area (Å²) in [6.45, 7) is 2.18. The molecule has 100 valence electrons. The smallest absolute Gasteiger partial charge is 0.0511 e. The lowest BCUT2D eigenvalue weighted by atomic mass is 10.0. The fourth-order valence-corrected chi connectivity index (χ4v) is 3.38. The molecule has 0 saturated heterocycles. The highest BCUT2D eigenvalue weighted by molar-refractivity contribution is 14.1. The summed E-state index contributed by atoms with van der Waals surface area (Å²) in [5.74, 6) is 0. The molecule has 2 aromatic rings. The molecule has 0 saturated carbocycles. The Bertz CT molecular complexity index is 574. The topological polar surface area (TPSA) is 12.0 Å². The molecule has 0 aliphatic rings. The summed E-state index contributed by atoms with van der Waals surface area (Å²) >= 11 is 11.8. The van der Waals surface area contributed by atoms with E-state index in [2.05, 4.69) is 69.0 Å². The zero-order valence-corrected chi connectivity index (χ0v) is 15.0. The summed E-state index contributed by atoms with van der Waals surface area (Å²) in [5, 5.41) is 4.35. The van der Waals surface area contributed by atoms with E-state index in [4.69, 9.17) is 11.6 Å². The third kappa shape index (κ3) is 4.10. The maximum absolute atomic E-state index is 5.99. The zero-order chi connectivity index (χ0) is 13.8. The molecular weight excluding hydrogens is 436 g/mol. The second kappa shape index (κ2) is 6.95. The van der Waals surface area contributed by atoms with Gasteiger partial charge in [-0.05, 0) is 64.9 Å². The summed E-state index contributed by atoms with van der Waals surface area (Å²) in [7, 11) is 0. The van der Waals surface area contributed by atoms with Crippen LogP contribution < -0.4 is 5.32 Å². The first-order valence-electron chi connectivity index (χ1n) is 6.07. The monoisotopic (exact) mass is 449 g/mol. The minimum Gasteiger partial charge on any atom is -0.377 e. The SMILES string of the molecule is CCC(Nc1ccc(Cl)cc1I)c1cccc(Br)c1. The first-order chi connectivity index (χ1) is 9.10.